The van der Waals surface area contributed by atoms with Crippen molar-refractivity contribution in [3.8, 4) is 0 Å². The predicted molar refractivity (Wildman–Crippen MR) is 127 cm³/mol. The Bertz CT molecular complexity index is 718. The fourth-order valence-electron chi connectivity index (χ4n) is 4.10. The highest BCUT2D eigenvalue weighted by molar-refractivity contribution is 14.0. The van der Waals surface area contributed by atoms with E-state index in [1.165, 1.54) is 32.1 Å². The zero-order chi connectivity index (χ0) is 19.8. The van der Waals surface area contributed by atoms with E-state index in [2.05, 4.69) is 14.9 Å². The van der Waals surface area contributed by atoms with Gasteiger partial charge in [-0.2, -0.15) is 0 Å². The highest BCUT2D eigenvalue weighted by Crippen LogP contribution is 2.24. The van der Waals surface area contributed by atoms with Gasteiger partial charge in [-0.1, -0.05) is 26.2 Å². The van der Waals surface area contributed by atoms with Gasteiger partial charge >= 0.3 is 0 Å². The van der Waals surface area contributed by atoms with Crippen LogP contribution in [0, 0.1) is 5.92 Å². The monoisotopic (exact) mass is 538 g/mol. The Morgan fingerprint density at radius 3 is 2.76 bits per heavy atom. The molecule has 1 aromatic heterocycles. The zero-order valence-electron chi connectivity index (χ0n) is 17.3. The summed E-state index contributed by atoms with van der Waals surface area (Å²) < 4.78 is 32.8. The Morgan fingerprint density at radius 2 is 2.07 bits per heavy atom. The first kappa shape index (κ1) is 24.5. The van der Waals surface area contributed by atoms with Gasteiger partial charge in [-0.15, -0.1) is 24.0 Å². The topological polar surface area (TPSA) is 86.9 Å². The van der Waals surface area contributed by atoms with Crippen molar-refractivity contribution in [1.29, 1.82) is 0 Å². The molecule has 1 saturated carbocycles. The Hall–Kier alpha value is -0.810. The van der Waals surface area contributed by atoms with Gasteiger partial charge in [0.05, 0.1) is 11.5 Å². The molecule has 1 saturated heterocycles. The molecule has 166 valence electrons. The summed E-state index contributed by atoms with van der Waals surface area (Å²) in [5.41, 5.74) is 0. The van der Waals surface area contributed by atoms with Crippen LogP contribution in [0.2, 0.25) is 0 Å². The van der Waals surface area contributed by atoms with Crippen LogP contribution in [0.1, 0.15) is 51.2 Å². The van der Waals surface area contributed by atoms with Crippen molar-refractivity contribution < 1.29 is 12.8 Å². The van der Waals surface area contributed by atoms with Gasteiger partial charge in [0.1, 0.15) is 5.76 Å². The number of sulfonamides is 1. The second-order valence-electron chi connectivity index (χ2n) is 7.82. The lowest BCUT2D eigenvalue weighted by molar-refractivity contribution is 0.364. The molecule has 9 heteroatoms. The van der Waals surface area contributed by atoms with Crippen molar-refractivity contribution in [2.45, 2.75) is 57.1 Å². The molecule has 0 amide bonds. The molecule has 0 aromatic carbocycles. The molecular weight excluding hydrogens is 503 g/mol. The van der Waals surface area contributed by atoms with Crippen LogP contribution in [0.4, 0.5) is 0 Å². The zero-order valence-corrected chi connectivity index (χ0v) is 20.5. The molecule has 2 heterocycles. The molecule has 2 N–H and O–H groups in total. The van der Waals surface area contributed by atoms with E-state index in [1.807, 2.05) is 19.1 Å². The number of rotatable bonds is 8. The first-order valence-electron chi connectivity index (χ1n) is 10.6. The molecule has 0 radical (unpaired) electrons. The third-order valence-electron chi connectivity index (χ3n) is 5.69. The third kappa shape index (κ3) is 7.43. The second-order valence-corrected chi connectivity index (χ2v) is 9.87. The largest absolute Gasteiger partial charge is 0.469 e. The minimum Gasteiger partial charge on any atom is -0.469 e. The number of likely N-dealkylation sites (tertiary alicyclic amines) is 1. The lowest BCUT2D eigenvalue weighted by Crippen LogP contribution is -2.43. The van der Waals surface area contributed by atoms with Gasteiger partial charge in [-0.05, 0) is 37.3 Å². The van der Waals surface area contributed by atoms with Crippen LogP contribution >= 0.6 is 24.0 Å². The van der Waals surface area contributed by atoms with Crippen molar-refractivity contribution in [3.05, 3.63) is 24.2 Å². The summed E-state index contributed by atoms with van der Waals surface area (Å²) in [6.07, 6.45) is 9.54. The van der Waals surface area contributed by atoms with E-state index in [1.54, 1.807) is 6.26 Å². The van der Waals surface area contributed by atoms with Gasteiger partial charge < -0.3 is 14.6 Å². The van der Waals surface area contributed by atoms with Gasteiger partial charge in [0, 0.05) is 39.1 Å². The maximum absolute atomic E-state index is 12.4. The number of nitrogens with one attached hydrogen (secondary N) is 2. The fraction of sp³-hybridized carbons (Fsp3) is 0.750. The molecular formula is C20H35IN4O3S. The van der Waals surface area contributed by atoms with Crippen LogP contribution in [-0.4, -0.2) is 57.3 Å². The summed E-state index contributed by atoms with van der Waals surface area (Å²) in [5.74, 6) is 2.43. The summed E-state index contributed by atoms with van der Waals surface area (Å²) in [4.78, 5) is 7.00. The fourth-order valence-corrected chi connectivity index (χ4v) is 5.53. The van der Waals surface area contributed by atoms with Crippen LogP contribution in [0.25, 0.3) is 0 Å². The van der Waals surface area contributed by atoms with Crippen molar-refractivity contribution >= 4 is 40.0 Å². The number of guanidine groups is 1. The average molecular weight is 538 g/mol. The molecule has 1 atom stereocenters. The van der Waals surface area contributed by atoms with Crippen molar-refractivity contribution in [1.82, 2.24) is 14.9 Å². The maximum atomic E-state index is 12.4. The molecule has 3 rings (SSSR count). The molecule has 29 heavy (non-hydrogen) atoms. The molecule has 2 fully saturated rings. The number of furan rings is 1. The van der Waals surface area contributed by atoms with Gasteiger partial charge in [-0.25, -0.2) is 13.1 Å². The quantitative estimate of drug-likeness (QED) is 0.302. The van der Waals surface area contributed by atoms with E-state index in [-0.39, 0.29) is 29.2 Å². The van der Waals surface area contributed by atoms with E-state index in [9.17, 15) is 8.42 Å². The van der Waals surface area contributed by atoms with Crippen LogP contribution in [0.5, 0.6) is 0 Å². The molecule has 2 aliphatic rings. The standard InChI is InChI=1S/C20H34N4O3S.HI/c1-2-23-28(25,26)19-11-13-24(16-19)20(21-12-10-18-9-6-14-27-18)22-15-17-7-4-3-5-8-17;/h6,9,14,17,19,23H,2-5,7-8,10-13,15-16H2,1H3,(H,21,22);1H. The summed E-state index contributed by atoms with van der Waals surface area (Å²) in [5, 5.41) is 3.07. The van der Waals surface area contributed by atoms with Gasteiger partial charge in [0.15, 0.2) is 5.96 Å². The lowest BCUT2D eigenvalue weighted by atomic mass is 9.89. The van der Waals surface area contributed by atoms with E-state index in [0.29, 0.717) is 32.0 Å². The summed E-state index contributed by atoms with van der Waals surface area (Å²) >= 11 is 0. The minimum absolute atomic E-state index is 0. The Morgan fingerprint density at radius 1 is 1.28 bits per heavy atom. The lowest BCUT2D eigenvalue weighted by Gasteiger charge is -2.24. The number of halogens is 1. The molecule has 1 aliphatic carbocycles. The maximum Gasteiger partial charge on any atom is 0.216 e. The van der Waals surface area contributed by atoms with Crippen LogP contribution in [0.15, 0.2) is 27.8 Å². The molecule has 0 bridgehead atoms. The minimum atomic E-state index is -3.26. The Labute approximate surface area is 192 Å². The summed E-state index contributed by atoms with van der Waals surface area (Å²) in [6.45, 7) is 5.00. The smallest absolute Gasteiger partial charge is 0.216 e. The number of nitrogens with zero attached hydrogens (tertiary/aromatic N) is 2. The summed E-state index contributed by atoms with van der Waals surface area (Å²) in [6, 6.07) is 3.86. The van der Waals surface area contributed by atoms with Gasteiger partial charge in [-0.3, -0.25) is 4.99 Å². The van der Waals surface area contributed by atoms with Gasteiger partial charge in [0.25, 0.3) is 0 Å². The normalized spacial score (nSPS) is 21.2. The van der Waals surface area contributed by atoms with Crippen molar-refractivity contribution in [2.75, 3.05) is 32.7 Å². The molecule has 1 aromatic rings. The van der Waals surface area contributed by atoms with Crippen LogP contribution < -0.4 is 10.0 Å². The molecule has 1 unspecified atom stereocenters. The molecule has 1 aliphatic heterocycles. The summed E-state index contributed by atoms with van der Waals surface area (Å²) in [7, 11) is -3.26. The first-order chi connectivity index (χ1) is 13.6. The van der Waals surface area contributed by atoms with E-state index < -0.39 is 10.0 Å². The van der Waals surface area contributed by atoms with E-state index in [4.69, 9.17) is 9.41 Å². The number of hydrogen-bond acceptors (Lipinski definition) is 4. The van der Waals surface area contributed by atoms with Crippen molar-refractivity contribution in [2.24, 2.45) is 10.9 Å². The third-order valence-corrected chi connectivity index (χ3v) is 7.64. The number of hydrogen-bond donors (Lipinski definition) is 2. The SMILES string of the molecule is CCNS(=O)(=O)C1CCN(C(=NCC2CCCCC2)NCCc2ccco2)C1.I. The second kappa shape index (κ2) is 12.1. The predicted octanol–water partition coefficient (Wildman–Crippen LogP) is 2.98. The van der Waals surface area contributed by atoms with Crippen LogP contribution in [-0.2, 0) is 16.4 Å². The van der Waals surface area contributed by atoms with E-state index >= 15 is 0 Å². The van der Waals surface area contributed by atoms with Crippen molar-refractivity contribution in [3.63, 3.8) is 0 Å². The van der Waals surface area contributed by atoms with Gasteiger partial charge in [0.2, 0.25) is 10.0 Å². The number of aliphatic imine (C=N–C) groups is 1. The highest BCUT2D eigenvalue weighted by atomic mass is 127. The Kier molecular flexibility index (Phi) is 10.2. The average Bonchev–Trinajstić information content (AvgIpc) is 3.37. The Balaban J connectivity index is 0.00000300. The first-order valence-corrected chi connectivity index (χ1v) is 12.2. The molecule has 0 spiro atoms. The molecule has 7 nitrogen and oxygen atoms in total. The van der Waals surface area contributed by atoms with Crippen LogP contribution in [0.3, 0.4) is 0 Å². The van der Waals surface area contributed by atoms with E-state index in [0.717, 1.165) is 31.2 Å². The highest BCUT2D eigenvalue weighted by Gasteiger charge is 2.34.